The molecule has 0 saturated heterocycles. The lowest BCUT2D eigenvalue weighted by atomic mass is 10.0. The van der Waals surface area contributed by atoms with Gasteiger partial charge in [0.1, 0.15) is 0 Å². The Morgan fingerprint density at radius 3 is 1.62 bits per heavy atom. The molecule has 0 fully saturated rings. The highest BCUT2D eigenvalue weighted by atomic mass is 16.3. The van der Waals surface area contributed by atoms with Crippen LogP contribution in [0.3, 0.4) is 0 Å². The lowest BCUT2D eigenvalue weighted by Gasteiger charge is -2.17. The summed E-state index contributed by atoms with van der Waals surface area (Å²) >= 11 is 0. The van der Waals surface area contributed by atoms with Crippen LogP contribution in [0.25, 0.3) is 0 Å². The number of nitrogens with two attached hydrogens (primary N) is 1. The fraction of sp³-hybridized carbons (Fsp3) is 1.00. The second kappa shape index (κ2) is 3.05. The summed E-state index contributed by atoms with van der Waals surface area (Å²) in [4.78, 5) is 0. The largest absolute Gasteiger partial charge is 0.392 e. The van der Waals surface area contributed by atoms with E-state index < -0.39 is 0 Å². The van der Waals surface area contributed by atoms with Crippen LogP contribution < -0.4 is 5.73 Å². The molecule has 0 saturated carbocycles. The Balaban J connectivity index is 3.46. The van der Waals surface area contributed by atoms with Crippen molar-refractivity contribution in [1.29, 1.82) is 0 Å². The normalized spacial score (nSPS) is 18.8. The summed E-state index contributed by atoms with van der Waals surface area (Å²) in [5.41, 5.74) is 5.51. The lowest BCUT2D eigenvalue weighted by Crippen LogP contribution is -2.36. The molecule has 0 aliphatic rings. The third-order valence-electron chi connectivity index (χ3n) is 1.33. The fourth-order valence-corrected chi connectivity index (χ4v) is 0.557. The Labute approximate surface area is 50.7 Å². The molecule has 0 aromatic rings. The quantitative estimate of drug-likeness (QED) is 0.548. The second-order valence-electron chi connectivity index (χ2n) is 2.56. The summed E-state index contributed by atoms with van der Waals surface area (Å²) in [7, 11) is 0. The van der Waals surface area contributed by atoms with Gasteiger partial charge in [-0.2, -0.15) is 0 Å². The van der Waals surface area contributed by atoms with Gasteiger partial charge in [-0.25, -0.2) is 0 Å². The summed E-state index contributed by atoms with van der Waals surface area (Å²) in [5.74, 6) is 0.370. The van der Waals surface area contributed by atoms with Crippen molar-refractivity contribution in [1.82, 2.24) is 0 Å². The Morgan fingerprint density at radius 1 is 1.25 bits per heavy atom. The van der Waals surface area contributed by atoms with Crippen LogP contribution in [0.2, 0.25) is 0 Å². The van der Waals surface area contributed by atoms with Gasteiger partial charge in [0.05, 0.1) is 6.10 Å². The summed E-state index contributed by atoms with van der Waals surface area (Å²) in [6, 6.07) is -0.0741. The maximum Gasteiger partial charge on any atom is 0.0665 e. The smallest absolute Gasteiger partial charge is 0.0665 e. The van der Waals surface area contributed by atoms with E-state index in [2.05, 4.69) is 0 Å². The molecule has 3 N–H and O–H groups in total. The van der Waals surface area contributed by atoms with Gasteiger partial charge in [-0.05, 0) is 12.8 Å². The number of aliphatic hydroxyl groups is 1. The van der Waals surface area contributed by atoms with Crippen molar-refractivity contribution in [2.75, 3.05) is 0 Å². The van der Waals surface area contributed by atoms with Crippen LogP contribution in [0, 0.1) is 5.92 Å². The third kappa shape index (κ3) is 2.28. The average Bonchev–Trinajstić information content (AvgIpc) is 1.64. The van der Waals surface area contributed by atoms with E-state index in [0.717, 1.165) is 0 Å². The van der Waals surface area contributed by atoms with Crippen molar-refractivity contribution in [3.05, 3.63) is 0 Å². The molecule has 0 aromatic carbocycles. The van der Waals surface area contributed by atoms with Crippen LogP contribution in [0.15, 0.2) is 0 Å². The second-order valence-corrected chi connectivity index (χ2v) is 2.56. The number of aliphatic hydroxyl groups excluding tert-OH is 1. The zero-order valence-electron chi connectivity index (χ0n) is 5.76. The molecule has 0 aromatic heterocycles. The molecule has 2 nitrogen and oxygen atoms in total. The fourth-order valence-electron chi connectivity index (χ4n) is 0.557. The third-order valence-corrected chi connectivity index (χ3v) is 1.33. The molecule has 0 bridgehead atoms. The van der Waals surface area contributed by atoms with E-state index in [1.165, 1.54) is 0 Å². The van der Waals surface area contributed by atoms with Crippen molar-refractivity contribution >= 4 is 0 Å². The Morgan fingerprint density at radius 2 is 1.62 bits per heavy atom. The minimum absolute atomic E-state index is 0.0741. The van der Waals surface area contributed by atoms with Gasteiger partial charge in [-0.3, -0.25) is 0 Å². The Bertz CT molecular complexity index is 53.5. The minimum atomic E-state index is -0.380. The summed E-state index contributed by atoms with van der Waals surface area (Å²) in [6.45, 7) is 5.71. The molecule has 0 radical (unpaired) electrons. The first-order valence-corrected chi connectivity index (χ1v) is 2.99. The number of hydrogen-bond donors (Lipinski definition) is 2. The van der Waals surface area contributed by atoms with Crippen molar-refractivity contribution in [3.63, 3.8) is 0 Å². The van der Waals surface area contributed by atoms with Crippen molar-refractivity contribution in [3.8, 4) is 0 Å². The average molecular weight is 117 g/mol. The molecular formula is C6H15NO. The molecule has 0 spiro atoms. The van der Waals surface area contributed by atoms with Crippen LogP contribution in [-0.2, 0) is 0 Å². The number of hydrogen-bond acceptors (Lipinski definition) is 2. The predicted molar refractivity (Wildman–Crippen MR) is 34.5 cm³/mol. The molecule has 2 atom stereocenters. The summed E-state index contributed by atoms with van der Waals surface area (Å²) in [5, 5.41) is 8.87. The Kier molecular flexibility index (Phi) is 3.02. The van der Waals surface area contributed by atoms with Gasteiger partial charge in [0, 0.05) is 6.04 Å². The van der Waals surface area contributed by atoms with Gasteiger partial charge in [-0.1, -0.05) is 13.8 Å². The zero-order valence-corrected chi connectivity index (χ0v) is 5.76. The molecule has 0 heterocycles. The molecule has 0 aliphatic carbocycles. The van der Waals surface area contributed by atoms with Gasteiger partial charge >= 0.3 is 0 Å². The highest BCUT2D eigenvalue weighted by molar-refractivity contribution is 4.69. The predicted octanol–water partition coefficient (Wildman–Crippen LogP) is 0.350. The Hall–Kier alpha value is -0.0800. The lowest BCUT2D eigenvalue weighted by molar-refractivity contribution is 0.142. The molecule has 0 aliphatic heterocycles. The van der Waals surface area contributed by atoms with E-state index >= 15 is 0 Å². The maximum atomic E-state index is 8.87. The van der Waals surface area contributed by atoms with E-state index in [1.807, 2.05) is 13.8 Å². The molecule has 0 unspecified atom stereocenters. The highest BCUT2D eigenvalue weighted by Crippen LogP contribution is 2.01. The van der Waals surface area contributed by atoms with E-state index in [4.69, 9.17) is 10.8 Å². The first kappa shape index (κ1) is 7.92. The van der Waals surface area contributed by atoms with Crippen LogP contribution in [0.1, 0.15) is 20.8 Å². The van der Waals surface area contributed by atoms with Crippen LogP contribution in [0.4, 0.5) is 0 Å². The first-order valence-electron chi connectivity index (χ1n) is 2.99. The SMILES string of the molecule is CC(C)[C@H](N)[C@@H](C)O. The van der Waals surface area contributed by atoms with Gasteiger partial charge in [-0.15, -0.1) is 0 Å². The summed E-state index contributed by atoms with van der Waals surface area (Å²) in [6.07, 6.45) is -0.380. The van der Waals surface area contributed by atoms with Crippen molar-refractivity contribution in [2.45, 2.75) is 32.9 Å². The molecule has 0 amide bonds. The molecule has 8 heavy (non-hydrogen) atoms. The van der Waals surface area contributed by atoms with Crippen molar-refractivity contribution < 1.29 is 5.11 Å². The monoisotopic (exact) mass is 117 g/mol. The molecule has 0 rings (SSSR count). The zero-order chi connectivity index (χ0) is 6.73. The van der Waals surface area contributed by atoms with Gasteiger partial charge < -0.3 is 10.8 Å². The van der Waals surface area contributed by atoms with Gasteiger partial charge in [0.25, 0.3) is 0 Å². The van der Waals surface area contributed by atoms with Crippen LogP contribution >= 0.6 is 0 Å². The van der Waals surface area contributed by atoms with Gasteiger partial charge in [0.2, 0.25) is 0 Å². The van der Waals surface area contributed by atoms with Crippen LogP contribution in [-0.4, -0.2) is 17.3 Å². The first-order chi connectivity index (χ1) is 3.55. The molecule has 2 heteroatoms. The standard InChI is InChI=1S/C6H15NO/c1-4(2)6(7)5(3)8/h4-6,8H,7H2,1-3H3/t5-,6+/m1/s1. The number of rotatable bonds is 2. The maximum absolute atomic E-state index is 8.87. The van der Waals surface area contributed by atoms with Crippen molar-refractivity contribution in [2.24, 2.45) is 11.7 Å². The summed E-state index contributed by atoms with van der Waals surface area (Å²) < 4.78 is 0. The highest BCUT2D eigenvalue weighted by Gasteiger charge is 2.11. The van der Waals surface area contributed by atoms with E-state index in [1.54, 1.807) is 6.92 Å². The van der Waals surface area contributed by atoms with E-state index in [0.29, 0.717) is 5.92 Å². The van der Waals surface area contributed by atoms with E-state index in [9.17, 15) is 0 Å². The molecule has 50 valence electrons. The minimum Gasteiger partial charge on any atom is -0.392 e. The van der Waals surface area contributed by atoms with Gasteiger partial charge in [0.15, 0.2) is 0 Å². The van der Waals surface area contributed by atoms with Crippen LogP contribution in [0.5, 0.6) is 0 Å². The van der Waals surface area contributed by atoms with E-state index in [-0.39, 0.29) is 12.1 Å². The topological polar surface area (TPSA) is 46.2 Å². The molecular weight excluding hydrogens is 102 g/mol.